The largest absolute Gasteiger partial charge is 0.0870 e. The summed E-state index contributed by atoms with van der Waals surface area (Å²) in [7, 11) is 0. The third-order valence-corrected chi connectivity index (χ3v) is 2.72. The standard InChI is InChI=1S/C12H14/c1-9-6-7-12(8-10(9)2)11-4-3-5-11/h3-4,6-8,11H,5H2,1-2H3. The van der Waals surface area contributed by atoms with Gasteiger partial charge in [-0.3, -0.25) is 0 Å². The Labute approximate surface area is 73.9 Å². The molecule has 0 radical (unpaired) electrons. The maximum Gasteiger partial charge on any atom is 0.00525 e. The van der Waals surface area contributed by atoms with E-state index in [0.717, 1.165) is 0 Å². The SMILES string of the molecule is Cc1ccc(C2C=CC2)cc1C. The molecule has 1 aliphatic rings. The summed E-state index contributed by atoms with van der Waals surface area (Å²) in [4.78, 5) is 0. The van der Waals surface area contributed by atoms with E-state index in [1.807, 2.05) is 0 Å². The first-order valence-corrected chi connectivity index (χ1v) is 4.51. The van der Waals surface area contributed by atoms with Gasteiger partial charge in [0, 0.05) is 5.92 Å². The molecule has 1 aliphatic carbocycles. The fourth-order valence-electron chi connectivity index (χ4n) is 1.51. The van der Waals surface area contributed by atoms with Gasteiger partial charge in [-0.2, -0.15) is 0 Å². The minimum absolute atomic E-state index is 0.698. The summed E-state index contributed by atoms with van der Waals surface area (Å²) in [5.74, 6) is 0.698. The molecule has 0 heterocycles. The van der Waals surface area contributed by atoms with Crippen LogP contribution in [0.4, 0.5) is 0 Å². The molecular formula is C12H14. The Morgan fingerprint density at radius 3 is 2.42 bits per heavy atom. The lowest BCUT2D eigenvalue weighted by Crippen LogP contribution is -2.01. The molecule has 0 nitrogen and oxygen atoms in total. The van der Waals surface area contributed by atoms with Crippen LogP contribution in [0.1, 0.15) is 29.0 Å². The molecule has 0 bridgehead atoms. The average Bonchev–Trinajstić information content (AvgIpc) is 1.93. The van der Waals surface area contributed by atoms with E-state index in [4.69, 9.17) is 0 Å². The van der Waals surface area contributed by atoms with Gasteiger partial charge >= 0.3 is 0 Å². The lowest BCUT2D eigenvalue weighted by molar-refractivity contribution is 0.792. The van der Waals surface area contributed by atoms with Crippen LogP contribution in [-0.2, 0) is 0 Å². The van der Waals surface area contributed by atoms with Crippen molar-refractivity contribution in [2.45, 2.75) is 26.2 Å². The molecule has 62 valence electrons. The van der Waals surface area contributed by atoms with Crippen LogP contribution >= 0.6 is 0 Å². The van der Waals surface area contributed by atoms with Gasteiger partial charge < -0.3 is 0 Å². The van der Waals surface area contributed by atoms with Crippen LogP contribution in [0, 0.1) is 13.8 Å². The van der Waals surface area contributed by atoms with E-state index in [-0.39, 0.29) is 0 Å². The van der Waals surface area contributed by atoms with Gasteiger partial charge in [0.05, 0.1) is 0 Å². The molecule has 0 aromatic heterocycles. The normalized spacial score (nSPS) is 20.7. The zero-order valence-corrected chi connectivity index (χ0v) is 7.67. The molecule has 1 atom stereocenters. The fraction of sp³-hybridized carbons (Fsp3) is 0.333. The van der Waals surface area contributed by atoms with Crippen LogP contribution in [0.3, 0.4) is 0 Å². The molecule has 1 aromatic rings. The minimum Gasteiger partial charge on any atom is -0.0870 e. The average molecular weight is 158 g/mol. The maximum atomic E-state index is 2.31. The molecule has 0 heteroatoms. The first-order chi connectivity index (χ1) is 5.77. The second kappa shape index (κ2) is 2.78. The van der Waals surface area contributed by atoms with Crippen LogP contribution in [0.5, 0.6) is 0 Å². The molecule has 12 heavy (non-hydrogen) atoms. The summed E-state index contributed by atoms with van der Waals surface area (Å²) >= 11 is 0. The molecule has 0 saturated heterocycles. The van der Waals surface area contributed by atoms with Gasteiger partial charge in [-0.05, 0) is 37.0 Å². The molecule has 0 spiro atoms. The van der Waals surface area contributed by atoms with Gasteiger partial charge in [-0.15, -0.1) is 0 Å². The molecule has 0 aliphatic heterocycles. The van der Waals surface area contributed by atoms with Crippen molar-refractivity contribution >= 4 is 0 Å². The second-order valence-corrected chi connectivity index (χ2v) is 3.61. The molecule has 2 rings (SSSR count). The molecule has 0 fully saturated rings. The van der Waals surface area contributed by atoms with Gasteiger partial charge in [-0.25, -0.2) is 0 Å². The predicted octanol–water partition coefficient (Wildman–Crippen LogP) is 3.35. The molecule has 0 N–H and O–H groups in total. The molecule has 1 unspecified atom stereocenters. The smallest absolute Gasteiger partial charge is 0.00525 e. The Morgan fingerprint density at radius 2 is 1.92 bits per heavy atom. The molecule has 0 saturated carbocycles. The first-order valence-electron chi connectivity index (χ1n) is 4.51. The Bertz CT molecular complexity index is 321. The van der Waals surface area contributed by atoms with Crippen LogP contribution in [0.2, 0.25) is 0 Å². The van der Waals surface area contributed by atoms with Crippen molar-refractivity contribution in [3.63, 3.8) is 0 Å². The minimum atomic E-state index is 0.698. The third kappa shape index (κ3) is 1.18. The lowest BCUT2D eigenvalue weighted by atomic mass is 9.86. The number of allylic oxidation sites excluding steroid dienone is 2. The van der Waals surface area contributed by atoms with E-state index < -0.39 is 0 Å². The van der Waals surface area contributed by atoms with Crippen molar-refractivity contribution in [2.24, 2.45) is 0 Å². The van der Waals surface area contributed by atoms with Gasteiger partial charge in [0.25, 0.3) is 0 Å². The van der Waals surface area contributed by atoms with Crippen molar-refractivity contribution in [1.82, 2.24) is 0 Å². The first kappa shape index (κ1) is 7.60. The summed E-state index contributed by atoms with van der Waals surface area (Å²) < 4.78 is 0. The Morgan fingerprint density at radius 1 is 1.17 bits per heavy atom. The topological polar surface area (TPSA) is 0 Å². The summed E-state index contributed by atoms with van der Waals surface area (Å²) in [5, 5.41) is 0. The zero-order chi connectivity index (χ0) is 8.55. The Hall–Kier alpha value is -1.04. The molecular weight excluding hydrogens is 144 g/mol. The van der Waals surface area contributed by atoms with Gasteiger partial charge in [0.1, 0.15) is 0 Å². The summed E-state index contributed by atoms with van der Waals surface area (Å²) in [6, 6.07) is 6.77. The quantitative estimate of drug-likeness (QED) is 0.550. The van der Waals surface area contributed by atoms with Crippen molar-refractivity contribution in [1.29, 1.82) is 0 Å². The zero-order valence-electron chi connectivity index (χ0n) is 7.67. The maximum absolute atomic E-state index is 2.31. The Balaban J connectivity index is 2.34. The molecule has 1 aromatic carbocycles. The van der Waals surface area contributed by atoms with E-state index in [1.54, 1.807) is 0 Å². The number of benzene rings is 1. The monoisotopic (exact) mass is 158 g/mol. The second-order valence-electron chi connectivity index (χ2n) is 3.61. The van der Waals surface area contributed by atoms with Gasteiger partial charge in [0.15, 0.2) is 0 Å². The summed E-state index contributed by atoms with van der Waals surface area (Å²) in [6.45, 7) is 4.34. The van der Waals surface area contributed by atoms with E-state index in [0.29, 0.717) is 5.92 Å². The van der Waals surface area contributed by atoms with E-state index in [2.05, 4.69) is 44.2 Å². The van der Waals surface area contributed by atoms with E-state index >= 15 is 0 Å². The number of hydrogen-bond donors (Lipinski definition) is 0. The van der Waals surface area contributed by atoms with Crippen molar-refractivity contribution in [3.8, 4) is 0 Å². The van der Waals surface area contributed by atoms with Gasteiger partial charge in [0.2, 0.25) is 0 Å². The van der Waals surface area contributed by atoms with Crippen LogP contribution in [-0.4, -0.2) is 0 Å². The van der Waals surface area contributed by atoms with Crippen LogP contribution in [0.25, 0.3) is 0 Å². The summed E-state index contributed by atoms with van der Waals surface area (Å²) in [5.41, 5.74) is 4.27. The highest BCUT2D eigenvalue weighted by Crippen LogP contribution is 2.29. The lowest BCUT2D eigenvalue weighted by Gasteiger charge is -2.18. The van der Waals surface area contributed by atoms with Crippen molar-refractivity contribution in [2.75, 3.05) is 0 Å². The van der Waals surface area contributed by atoms with Crippen LogP contribution in [0.15, 0.2) is 30.4 Å². The number of hydrogen-bond acceptors (Lipinski definition) is 0. The fourth-order valence-corrected chi connectivity index (χ4v) is 1.51. The Kier molecular flexibility index (Phi) is 1.76. The highest BCUT2D eigenvalue weighted by Gasteiger charge is 2.12. The third-order valence-electron chi connectivity index (χ3n) is 2.72. The van der Waals surface area contributed by atoms with Crippen LogP contribution < -0.4 is 0 Å². The number of rotatable bonds is 1. The summed E-state index contributed by atoms with van der Waals surface area (Å²) in [6.07, 6.45) is 5.74. The number of aryl methyl sites for hydroxylation is 2. The molecule has 0 amide bonds. The highest BCUT2D eigenvalue weighted by atomic mass is 14.2. The van der Waals surface area contributed by atoms with Crippen molar-refractivity contribution in [3.05, 3.63) is 47.0 Å². The predicted molar refractivity (Wildman–Crippen MR) is 52.4 cm³/mol. The van der Waals surface area contributed by atoms with E-state index in [9.17, 15) is 0 Å². The van der Waals surface area contributed by atoms with E-state index in [1.165, 1.54) is 23.1 Å². The van der Waals surface area contributed by atoms with Crippen molar-refractivity contribution < 1.29 is 0 Å². The van der Waals surface area contributed by atoms with Gasteiger partial charge in [-0.1, -0.05) is 30.4 Å². The highest BCUT2D eigenvalue weighted by molar-refractivity contribution is 5.36.